The first kappa shape index (κ1) is 20.8. The maximum atomic E-state index is 12.2. The van der Waals surface area contributed by atoms with E-state index in [9.17, 15) is 18.0 Å². The van der Waals surface area contributed by atoms with Crippen LogP contribution < -0.4 is 5.32 Å². The summed E-state index contributed by atoms with van der Waals surface area (Å²) in [5.74, 6) is -1.71. The van der Waals surface area contributed by atoms with Crippen molar-refractivity contribution in [1.29, 1.82) is 0 Å². The zero-order chi connectivity index (χ0) is 21.0. The van der Waals surface area contributed by atoms with Crippen molar-refractivity contribution in [3.05, 3.63) is 59.7 Å². The molecule has 2 aromatic carbocycles. The van der Waals surface area contributed by atoms with Crippen molar-refractivity contribution in [1.82, 2.24) is 5.32 Å². The van der Waals surface area contributed by atoms with E-state index in [1.54, 1.807) is 0 Å². The highest BCUT2D eigenvalue weighted by molar-refractivity contribution is 7.85. The first-order valence-corrected chi connectivity index (χ1v) is 10.5. The third kappa shape index (κ3) is 5.12. The first-order chi connectivity index (χ1) is 13.8. The van der Waals surface area contributed by atoms with E-state index in [-0.39, 0.29) is 12.5 Å². The van der Waals surface area contributed by atoms with Gasteiger partial charge in [-0.2, -0.15) is 8.42 Å². The second-order valence-corrected chi connectivity index (χ2v) is 8.19. The molecule has 0 radical (unpaired) electrons. The summed E-state index contributed by atoms with van der Waals surface area (Å²) in [6.07, 6.45) is -1.30. The Morgan fingerprint density at radius 2 is 1.62 bits per heavy atom. The predicted molar refractivity (Wildman–Crippen MR) is 105 cm³/mol. The number of rotatable bonds is 7. The largest absolute Gasteiger partial charge is 0.469 e. The molecule has 0 saturated heterocycles. The monoisotopic (exact) mass is 419 g/mol. The summed E-state index contributed by atoms with van der Waals surface area (Å²) in [6, 6.07) is 14.5. The van der Waals surface area contributed by atoms with Crippen LogP contribution in [0.3, 0.4) is 0 Å². The Balaban J connectivity index is 1.69. The number of carbonyl (C=O) groups excluding carboxylic acids is 2. The Morgan fingerprint density at radius 1 is 1.07 bits per heavy atom. The quantitative estimate of drug-likeness (QED) is 0.522. The molecule has 3 rings (SSSR count). The minimum Gasteiger partial charge on any atom is -0.469 e. The third-order valence-corrected chi connectivity index (χ3v) is 5.54. The zero-order valence-electron chi connectivity index (χ0n) is 15.7. The van der Waals surface area contributed by atoms with Gasteiger partial charge in [0.25, 0.3) is 10.1 Å². The van der Waals surface area contributed by atoms with Crippen LogP contribution >= 0.6 is 0 Å². The van der Waals surface area contributed by atoms with E-state index in [0.29, 0.717) is 0 Å². The lowest BCUT2D eigenvalue weighted by molar-refractivity contribution is -0.141. The number of amides is 1. The molecule has 0 aromatic heterocycles. The van der Waals surface area contributed by atoms with Gasteiger partial charge in [0.05, 0.1) is 25.3 Å². The summed E-state index contributed by atoms with van der Waals surface area (Å²) in [6.45, 7) is 0.0384. The molecule has 0 fully saturated rings. The fourth-order valence-electron chi connectivity index (χ4n) is 3.50. The fourth-order valence-corrected chi connectivity index (χ4v) is 4.21. The maximum Gasteiger partial charge on any atom is 0.407 e. The van der Waals surface area contributed by atoms with Crippen LogP contribution in [0.2, 0.25) is 0 Å². The summed E-state index contributed by atoms with van der Waals surface area (Å²) < 4.78 is 41.1. The van der Waals surface area contributed by atoms with Gasteiger partial charge in [-0.05, 0) is 22.3 Å². The molecule has 1 aliphatic rings. The van der Waals surface area contributed by atoms with E-state index < -0.39 is 40.4 Å². The van der Waals surface area contributed by atoms with Crippen LogP contribution in [0.1, 0.15) is 23.5 Å². The third-order valence-electron chi connectivity index (χ3n) is 4.72. The molecule has 0 spiro atoms. The summed E-state index contributed by atoms with van der Waals surface area (Å²) >= 11 is 0. The molecular formula is C20H21NO7S. The van der Waals surface area contributed by atoms with Crippen molar-refractivity contribution in [2.24, 2.45) is 0 Å². The van der Waals surface area contributed by atoms with Gasteiger partial charge in [-0.15, -0.1) is 0 Å². The number of methoxy groups -OCH3 is 1. The average Bonchev–Trinajstić information content (AvgIpc) is 2.99. The summed E-state index contributed by atoms with van der Waals surface area (Å²) in [5, 5.41) is 2.31. The van der Waals surface area contributed by atoms with E-state index >= 15 is 0 Å². The highest BCUT2D eigenvalue weighted by atomic mass is 32.2. The number of nitrogens with one attached hydrogen (secondary N) is 1. The minimum absolute atomic E-state index is 0.0384. The lowest BCUT2D eigenvalue weighted by atomic mass is 9.98. The van der Waals surface area contributed by atoms with Crippen molar-refractivity contribution in [3.8, 4) is 11.1 Å². The molecule has 0 aliphatic heterocycles. The van der Waals surface area contributed by atoms with Crippen molar-refractivity contribution in [2.75, 3.05) is 19.5 Å². The lowest BCUT2D eigenvalue weighted by Crippen LogP contribution is -2.42. The highest BCUT2D eigenvalue weighted by Gasteiger charge is 2.30. The number of hydrogen-bond donors (Lipinski definition) is 2. The van der Waals surface area contributed by atoms with E-state index in [1.165, 1.54) is 0 Å². The van der Waals surface area contributed by atoms with Gasteiger partial charge in [0, 0.05) is 5.92 Å². The van der Waals surface area contributed by atoms with Crippen molar-refractivity contribution in [2.45, 2.75) is 18.4 Å². The number of esters is 1. The Morgan fingerprint density at radius 3 is 2.14 bits per heavy atom. The van der Waals surface area contributed by atoms with Crippen LogP contribution in [0, 0.1) is 0 Å². The Labute approximate surface area is 168 Å². The number of alkyl carbamates (subject to hydrolysis) is 1. The van der Waals surface area contributed by atoms with Gasteiger partial charge in [-0.1, -0.05) is 48.5 Å². The summed E-state index contributed by atoms with van der Waals surface area (Å²) in [7, 11) is -3.27. The molecule has 1 aliphatic carbocycles. The normalized spacial score (nSPS) is 13.9. The molecule has 2 aromatic rings. The maximum absolute atomic E-state index is 12.2. The van der Waals surface area contributed by atoms with Gasteiger partial charge < -0.3 is 14.8 Å². The molecule has 0 bridgehead atoms. The van der Waals surface area contributed by atoms with Crippen molar-refractivity contribution in [3.63, 3.8) is 0 Å². The van der Waals surface area contributed by atoms with Gasteiger partial charge in [0.2, 0.25) is 0 Å². The molecule has 9 heteroatoms. The number of fused-ring (bicyclic) bond motifs is 3. The first-order valence-electron chi connectivity index (χ1n) is 8.92. The molecule has 0 saturated carbocycles. The molecule has 1 amide bonds. The number of benzene rings is 2. The topological polar surface area (TPSA) is 119 Å². The van der Waals surface area contributed by atoms with Crippen molar-refractivity contribution >= 4 is 22.2 Å². The molecule has 1 unspecified atom stereocenters. The highest BCUT2D eigenvalue weighted by Crippen LogP contribution is 2.44. The molecule has 29 heavy (non-hydrogen) atoms. The minimum atomic E-state index is -4.41. The van der Waals surface area contributed by atoms with Crippen LogP contribution in [0.4, 0.5) is 4.79 Å². The second-order valence-electron chi connectivity index (χ2n) is 6.70. The molecule has 8 nitrogen and oxygen atoms in total. The van der Waals surface area contributed by atoms with Crippen LogP contribution in [0.5, 0.6) is 0 Å². The molecule has 2 N–H and O–H groups in total. The Hall–Kier alpha value is -2.91. The van der Waals surface area contributed by atoms with E-state index in [2.05, 4.69) is 10.1 Å². The zero-order valence-corrected chi connectivity index (χ0v) is 16.5. The van der Waals surface area contributed by atoms with Gasteiger partial charge >= 0.3 is 12.1 Å². The SMILES string of the molecule is COC(=O)CC(CS(=O)(=O)O)NC(=O)OCC1c2ccccc2-c2ccccc21. The van der Waals surface area contributed by atoms with E-state index in [1.807, 2.05) is 48.5 Å². The number of hydrogen-bond acceptors (Lipinski definition) is 6. The van der Waals surface area contributed by atoms with Gasteiger partial charge in [-0.25, -0.2) is 4.79 Å². The summed E-state index contributed by atoms with van der Waals surface area (Å²) in [5.41, 5.74) is 4.22. The molecule has 1 atom stereocenters. The molecular weight excluding hydrogens is 398 g/mol. The van der Waals surface area contributed by atoms with Gasteiger partial charge in [0.15, 0.2) is 0 Å². The van der Waals surface area contributed by atoms with Gasteiger partial charge in [-0.3, -0.25) is 9.35 Å². The summed E-state index contributed by atoms with van der Waals surface area (Å²) in [4.78, 5) is 23.7. The number of ether oxygens (including phenoxy) is 2. The van der Waals surface area contributed by atoms with Crippen LogP contribution in [-0.2, 0) is 24.4 Å². The Kier molecular flexibility index (Phi) is 6.19. The lowest BCUT2D eigenvalue weighted by Gasteiger charge is -2.18. The number of carbonyl (C=O) groups is 2. The average molecular weight is 419 g/mol. The molecule has 154 valence electrons. The fraction of sp³-hybridized carbons (Fsp3) is 0.300. The van der Waals surface area contributed by atoms with Gasteiger partial charge in [0.1, 0.15) is 6.61 Å². The molecule has 0 heterocycles. The Bertz CT molecular complexity index is 973. The van der Waals surface area contributed by atoms with E-state index in [4.69, 9.17) is 9.29 Å². The standard InChI is InChI=1S/C20H21NO7S/c1-27-19(22)10-13(12-29(24,25)26)21-20(23)28-11-18-16-8-4-2-6-14(16)15-7-3-5-9-17(15)18/h2-9,13,18H,10-12H2,1H3,(H,21,23)(H,24,25,26). The predicted octanol–water partition coefficient (Wildman–Crippen LogP) is 2.34. The van der Waals surface area contributed by atoms with Crippen molar-refractivity contribution < 1.29 is 32.0 Å². The van der Waals surface area contributed by atoms with Crippen LogP contribution in [0.25, 0.3) is 11.1 Å². The van der Waals surface area contributed by atoms with Crippen LogP contribution in [-0.4, -0.2) is 50.5 Å². The van der Waals surface area contributed by atoms with Crippen LogP contribution in [0.15, 0.2) is 48.5 Å². The van der Waals surface area contributed by atoms with E-state index in [0.717, 1.165) is 29.4 Å². The second kappa shape index (κ2) is 8.62. The smallest absolute Gasteiger partial charge is 0.407 e.